The average Bonchev–Trinajstić information content (AvgIpc) is 3.43. The molecule has 0 spiro atoms. The number of piperazine rings is 1. The minimum Gasteiger partial charge on any atom is -0.481 e. The molecule has 3 aliphatic heterocycles. The van der Waals surface area contributed by atoms with Crippen LogP contribution in [0.2, 0.25) is 0 Å². The molecule has 0 saturated carbocycles. The van der Waals surface area contributed by atoms with Gasteiger partial charge in [-0.15, -0.1) is 11.3 Å². The highest BCUT2D eigenvalue weighted by molar-refractivity contribution is 7.11. The summed E-state index contributed by atoms with van der Waals surface area (Å²) in [5, 5.41) is 15.5. The Bertz CT molecular complexity index is 945. The number of nitrogens with one attached hydrogen (secondary N) is 1. The van der Waals surface area contributed by atoms with Crippen LogP contribution in [-0.4, -0.2) is 108 Å². The van der Waals surface area contributed by atoms with Crippen molar-refractivity contribution in [2.45, 2.75) is 26.8 Å². The molecule has 180 valence electrons. The molecule has 0 aromatic carbocycles. The molecular weight excluding hydrogens is 444 g/mol. The van der Waals surface area contributed by atoms with Crippen molar-refractivity contribution in [1.82, 2.24) is 25.0 Å². The number of esters is 1. The molecule has 1 atom stereocenters. The molecule has 2 saturated heterocycles. The van der Waals surface area contributed by atoms with Gasteiger partial charge in [0.1, 0.15) is 0 Å². The van der Waals surface area contributed by atoms with E-state index in [9.17, 15) is 14.7 Å². The Balaban J connectivity index is 1.42. The molecule has 0 amide bonds. The third-order valence-electron chi connectivity index (χ3n) is 6.30. The number of amidine groups is 1. The fraction of sp³-hybridized carbons (Fsp3) is 0.636. The zero-order chi connectivity index (χ0) is 23.6. The molecule has 0 aliphatic carbocycles. The predicted octanol–water partition coefficient (Wildman–Crippen LogP) is 0.680. The standard InChI is InChI=1S/C22H32N6O4S/c1-4-32-20(29)16-9-24-18(19-23-5-8-33-19)25-17(16)12-26-6-7-28-14-27(11-15(28)10-26)13-22(2,3)21(30)31/h5,8,15H,4,6-7,9-14H2,1-3H3,(H,24,25)(H,30,31). The lowest BCUT2D eigenvalue weighted by molar-refractivity contribution is -0.148. The van der Waals surface area contributed by atoms with Gasteiger partial charge in [-0.25, -0.2) is 9.78 Å². The van der Waals surface area contributed by atoms with Gasteiger partial charge in [-0.3, -0.25) is 24.5 Å². The highest BCUT2D eigenvalue weighted by atomic mass is 32.1. The first-order valence-electron chi connectivity index (χ1n) is 11.3. The van der Waals surface area contributed by atoms with E-state index in [1.54, 1.807) is 27.0 Å². The molecule has 3 aliphatic rings. The maximum absolute atomic E-state index is 12.6. The number of aliphatic carboxylic acids is 1. The summed E-state index contributed by atoms with van der Waals surface area (Å²) in [6.07, 6.45) is 1.74. The van der Waals surface area contributed by atoms with E-state index in [2.05, 4.69) is 30.0 Å². The lowest BCUT2D eigenvalue weighted by Crippen LogP contribution is -2.52. The number of hydrogen-bond acceptors (Lipinski definition) is 10. The second kappa shape index (κ2) is 9.88. The Kier molecular flexibility index (Phi) is 7.13. The average molecular weight is 477 g/mol. The molecule has 11 heteroatoms. The van der Waals surface area contributed by atoms with Crippen LogP contribution in [0, 0.1) is 5.41 Å². The third-order valence-corrected chi connectivity index (χ3v) is 7.08. The summed E-state index contributed by atoms with van der Waals surface area (Å²) in [7, 11) is 0. The molecule has 4 heterocycles. The topological polar surface area (TPSA) is 111 Å². The first-order chi connectivity index (χ1) is 15.8. The number of aliphatic imine (C=N–C) groups is 1. The van der Waals surface area contributed by atoms with Gasteiger partial charge in [0, 0.05) is 62.6 Å². The molecule has 1 unspecified atom stereocenters. The molecule has 2 fully saturated rings. The van der Waals surface area contributed by atoms with Gasteiger partial charge in [0.25, 0.3) is 0 Å². The van der Waals surface area contributed by atoms with E-state index in [4.69, 9.17) is 4.74 Å². The summed E-state index contributed by atoms with van der Waals surface area (Å²) in [6, 6.07) is 0.339. The van der Waals surface area contributed by atoms with Crippen molar-refractivity contribution in [2.75, 3.05) is 59.1 Å². The Labute approximate surface area is 197 Å². The van der Waals surface area contributed by atoms with Gasteiger partial charge < -0.3 is 15.2 Å². The number of fused-ring (bicyclic) bond motifs is 1. The van der Waals surface area contributed by atoms with E-state index in [0.29, 0.717) is 37.1 Å². The maximum Gasteiger partial charge on any atom is 0.337 e. The fourth-order valence-corrected chi connectivity index (χ4v) is 5.15. The largest absolute Gasteiger partial charge is 0.481 e. The Morgan fingerprint density at radius 3 is 2.79 bits per heavy atom. The predicted molar refractivity (Wildman–Crippen MR) is 125 cm³/mol. The number of hydrogen-bond donors (Lipinski definition) is 2. The quantitative estimate of drug-likeness (QED) is 0.523. The molecule has 1 aromatic rings. The van der Waals surface area contributed by atoms with E-state index < -0.39 is 11.4 Å². The SMILES string of the molecule is CCOC(=O)C1=C(CN2CCN3CN(CC(C)(C)C(=O)O)CC3C2)NC(c2nccs2)=NC1. The van der Waals surface area contributed by atoms with Crippen LogP contribution in [0.3, 0.4) is 0 Å². The fourth-order valence-electron chi connectivity index (χ4n) is 4.55. The van der Waals surface area contributed by atoms with Gasteiger partial charge in [-0.1, -0.05) is 0 Å². The summed E-state index contributed by atoms with van der Waals surface area (Å²) in [5.41, 5.74) is 0.616. The van der Waals surface area contributed by atoms with Crippen molar-refractivity contribution in [2.24, 2.45) is 10.4 Å². The Hall–Kier alpha value is -2.34. The molecule has 1 aromatic heterocycles. The van der Waals surface area contributed by atoms with Crippen molar-refractivity contribution in [1.29, 1.82) is 0 Å². The van der Waals surface area contributed by atoms with Crippen LogP contribution in [0.25, 0.3) is 0 Å². The van der Waals surface area contributed by atoms with Gasteiger partial charge in [0.15, 0.2) is 10.8 Å². The molecular formula is C22H32N6O4S. The van der Waals surface area contributed by atoms with Gasteiger partial charge in [0.05, 0.1) is 30.8 Å². The number of rotatable bonds is 8. The summed E-state index contributed by atoms with van der Waals surface area (Å²) in [5.74, 6) is -0.411. The van der Waals surface area contributed by atoms with Crippen LogP contribution >= 0.6 is 11.3 Å². The number of aromatic nitrogens is 1. The van der Waals surface area contributed by atoms with E-state index >= 15 is 0 Å². The van der Waals surface area contributed by atoms with Gasteiger partial charge >= 0.3 is 11.9 Å². The van der Waals surface area contributed by atoms with Crippen molar-refractivity contribution in [3.8, 4) is 0 Å². The first kappa shape index (κ1) is 23.8. The first-order valence-corrected chi connectivity index (χ1v) is 12.2. The number of ether oxygens (including phenoxy) is 1. The summed E-state index contributed by atoms with van der Waals surface area (Å²) >= 11 is 1.51. The molecule has 2 N–H and O–H groups in total. The Morgan fingerprint density at radius 2 is 2.09 bits per heavy atom. The van der Waals surface area contributed by atoms with Crippen LogP contribution in [-0.2, 0) is 14.3 Å². The molecule has 4 rings (SSSR count). The van der Waals surface area contributed by atoms with Crippen LogP contribution in [0.1, 0.15) is 25.8 Å². The van der Waals surface area contributed by atoms with Crippen LogP contribution in [0.15, 0.2) is 27.8 Å². The number of nitrogens with zero attached hydrogens (tertiary/aromatic N) is 5. The summed E-state index contributed by atoms with van der Waals surface area (Å²) in [6.45, 7) is 11.4. The lowest BCUT2D eigenvalue weighted by atomic mass is 9.93. The highest BCUT2D eigenvalue weighted by Gasteiger charge is 2.39. The number of carboxylic acid groups (broad SMARTS) is 1. The van der Waals surface area contributed by atoms with Gasteiger partial charge in [-0.2, -0.15) is 0 Å². The molecule has 10 nitrogen and oxygen atoms in total. The van der Waals surface area contributed by atoms with Gasteiger partial charge in [0.2, 0.25) is 0 Å². The monoisotopic (exact) mass is 476 g/mol. The number of carboxylic acids is 1. The van der Waals surface area contributed by atoms with Crippen LogP contribution in [0.4, 0.5) is 0 Å². The number of thiazole rings is 1. The normalized spacial score (nSPS) is 22.6. The summed E-state index contributed by atoms with van der Waals surface area (Å²) < 4.78 is 5.28. The smallest absolute Gasteiger partial charge is 0.337 e. The van der Waals surface area contributed by atoms with Crippen molar-refractivity contribution < 1.29 is 19.4 Å². The second-order valence-electron chi connectivity index (χ2n) is 9.35. The third kappa shape index (κ3) is 5.43. The van der Waals surface area contributed by atoms with Crippen molar-refractivity contribution >= 4 is 29.1 Å². The number of carbonyl (C=O) groups is 2. The van der Waals surface area contributed by atoms with E-state index in [1.807, 2.05) is 5.38 Å². The van der Waals surface area contributed by atoms with Crippen molar-refractivity contribution in [3.63, 3.8) is 0 Å². The zero-order valence-corrected chi connectivity index (χ0v) is 20.2. The highest BCUT2D eigenvalue weighted by Crippen LogP contribution is 2.25. The minimum absolute atomic E-state index is 0.275. The maximum atomic E-state index is 12.6. The Morgan fingerprint density at radius 1 is 1.30 bits per heavy atom. The van der Waals surface area contributed by atoms with Crippen LogP contribution in [0.5, 0.6) is 0 Å². The minimum atomic E-state index is -0.773. The van der Waals surface area contributed by atoms with E-state index in [1.165, 1.54) is 11.3 Å². The van der Waals surface area contributed by atoms with E-state index in [-0.39, 0.29) is 12.5 Å². The number of carbonyl (C=O) groups excluding carboxylic acids is 1. The van der Waals surface area contributed by atoms with Crippen LogP contribution < -0.4 is 5.32 Å². The zero-order valence-electron chi connectivity index (χ0n) is 19.4. The van der Waals surface area contributed by atoms with Gasteiger partial charge in [-0.05, 0) is 20.8 Å². The summed E-state index contributed by atoms with van der Waals surface area (Å²) in [4.78, 5) is 40.0. The molecule has 33 heavy (non-hydrogen) atoms. The molecule has 0 bridgehead atoms. The lowest BCUT2D eigenvalue weighted by Gasteiger charge is -2.37. The van der Waals surface area contributed by atoms with Crippen molar-refractivity contribution in [3.05, 3.63) is 27.9 Å². The molecule has 0 radical (unpaired) electrons. The van der Waals surface area contributed by atoms with E-state index in [0.717, 1.165) is 43.6 Å². The second-order valence-corrected chi connectivity index (χ2v) is 10.2.